The maximum atomic E-state index is 13.7. The van der Waals surface area contributed by atoms with E-state index in [0.717, 1.165) is 93.4 Å². The number of urea groups is 1. The van der Waals surface area contributed by atoms with Crippen molar-refractivity contribution >= 4 is 46.7 Å². The quantitative estimate of drug-likeness (QED) is 0.189. The highest BCUT2D eigenvalue weighted by atomic mass is 16.6. The van der Waals surface area contributed by atoms with E-state index >= 15 is 0 Å². The molecular formula is C49H72N8O9. The second-order valence-corrected chi connectivity index (χ2v) is 18.5. The predicted octanol–water partition coefficient (Wildman–Crippen LogP) is 5.12. The van der Waals surface area contributed by atoms with E-state index < -0.39 is 18.0 Å². The maximum absolute atomic E-state index is 13.7. The van der Waals surface area contributed by atoms with E-state index in [1.807, 2.05) is 54.1 Å². The summed E-state index contributed by atoms with van der Waals surface area (Å²) >= 11 is 0. The number of nitrogens with one attached hydrogen (secondary N) is 1. The van der Waals surface area contributed by atoms with Crippen LogP contribution in [0.15, 0.2) is 45.6 Å². The molecule has 1 atom stereocenters. The highest BCUT2D eigenvalue weighted by Crippen LogP contribution is 2.26. The minimum atomic E-state index is -1.02. The summed E-state index contributed by atoms with van der Waals surface area (Å²) in [6.45, 7) is 13.3. The van der Waals surface area contributed by atoms with Crippen molar-refractivity contribution in [2.24, 2.45) is 13.0 Å². The van der Waals surface area contributed by atoms with Crippen LogP contribution in [-0.2, 0) is 43.7 Å². The molecule has 0 spiro atoms. The second-order valence-electron chi connectivity index (χ2n) is 18.5. The molecule has 66 heavy (non-hydrogen) atoms. The third-order valence-electron chi connectivity index (χ3n) is 13.7. The first-order valence-electron chi connectivity index (χ1n) is 23.7. The molecule has 2 aromatic carbocycles. The first-order valence-corrected chi connectivity index (χ1v) is 23.7. The normalized spacial score (nSPS) is 19.3. The van der Waals surface area contributed by atoms with Crippen LogP contribution >= 0.6 is 0 Å². The third kappa shape index (κ3) is 12.9. The minimum Gasteiger partial charge on any atom is -0.466 e. The fourth-order valence-electron chi connectivity index (χ4n) is 9.61. The van der Waals surface area contributed by atoms with Crippen molar-refractivity contribution in [3.8, 4) is 0 Å². The Balaban J connectivity index is 0.000000275. The molecular weight excluding hydrogens is 845 g/mol. The molecule has 17 heteroatoms. The van der Waals surface area contributed by atoms with Crippen molar-refractivity contribution < 1.29 is 37.9 Å². The number of likely N-dealkylation sites (tertiary alicyclic amines) is 3. The van der Waals surface area contributed by atoms with E-state index in [-0.39, 0.29) is 43.7 Å². The van der Waals surface area contributed by atoms with Gasteiger partial charge in [0.1, 0.15) is 0 Å². The molecule has 17 nitrogen and oxygen atoms in total. The summed E-state index contributed by atoms with van der Waals surface area (Å²) in [4.78, 5) is 87.1. The van der Waals surface area contributed by atoms with E-state index in [9.17, 15) is 28.8 Å². The number of esters is 1. The Morgan fingerprint density at radius 3 is 2.29 bits per heavy atom. The van der Waals surface area contributed by atoms with Gasteiger partial charge in [0.15, 0.2) is 11.7 Å². The zero-order chi connectivity index (χ0) is 46.0. The van der Waals surface area contributed by atoms with Crippen LogP contribution in [0.4, 0.5) is 15.3 Å². The molecule has 4 fully saturated rings. The molecule has 4 saturated heterocycles. The zero-order valence-electron chi connectivity index (χ0n) is 38.8. The van der Waals surface area contributed by atoms with E-state index in [1.165, 1.54) is 17.4 Å². The van der Waals surface area contributed by atoms with Crippen LogP contribution in [0.3, 0.4) is 0 Å². The number of benzene rings is 2. The number of carbonyl (C=O) groups excluding carboxylic acids is 5. The molecule has 0 unspecified atom stereocenters. The van der Waals surface area contributed by atoms with Crippen molar-refractivity contribution in [1.29, 1.82) is 0 Å². The molecule has 6 heterocycles. The van der Waals surface area contributed by atoms with E-state index in [2.05, 4.69) is 22.0 Å². The van der Waals surface area contributed by atoms with Gasteiger partial charge in [-0.2, -0.15) is 0 Å². The van der Waals surface area contributed by atoms with Gasteiger partial charge in [-0.1, -0.05) is 38.6 Å². The van der Waals surface area contributed by atoms with Crippen molar-refractivity contribution in [2.45, 2.75) is 97.6 Å². The van der Waals surface area contributed by atoms with Gasteiger partial charge in [-0.15, -0.1) is 0 Å². The molecule has 1 N–H and O–H groups in total. The molecule has 0 aliphatic carbocycles. The van der Waals surface area contributed by atoms with Crippen molar-refractivity contribution in [3.05, 3.63) is 63.6 Å². The fraction of sp³-hybridized carbons (Fsp3) is 0.633. The van der Waals surface area contributed by atoms with E-state index in [4.69, 9.17) is 13.9 Å². The zero-order valence-corrected chi connectivity index (χ0v) is 38.8. The van der Waals surface area contributed by atoms with Gasteiger partial charge in [-0.25, -0.2) is 14.4 Å². The van der Waals surface area contributed by atoms with Crippen LogP contribution in [0.5, 0.6) is 0 Å². The number of fused-ring (bicyclic) bond motifs is 2. The number of hydrogen-bond acceptors (Lipinski definition) is 11. The first kappa shape index (κ1) is 50.0. The van der Waals surface area contributed by atoms with Crippen LogP contribution in [-0.4, -0.2) is 168 Å². The Bertz CT molecular complexity index is 2200. The topological polar surface area (TPSA) is 170 Å². The molecule has 362 valence electrons. The Labute approximate surface area is 389 Å². The lowest BCUT2D eigenvalue weighted by molar-refractivity contribution is -0.144. The monoisotopic (exact) mass is 917 g/mol. The van der Waals surface area contributed by atoms with Gasteiger partial charge in [0, 0.05) is 97.1 Å². The fourth-order valence-corrected chi connectivity index (χ4v) is 9.61. The molecule has 5 aliphatic heterocycles. The van der Waals surface area contributed by atoms with Crippen LogP contribution in [0.1, 0.15) is 82.4 Å². The standard InChI is InChI=1S/C32H40N6O6.C16H28N2O3.CH4/c1-21-18-22(19-26-28(21)35(3)31(41)43-26)20-27(29(39)36-16-14-34(2)15-17-36)44-32(42)37-11-9-24(10-12-37)38-13-8-23-6-4-5-7-25(23)33-30(38)40;1-14-5-10-17(11-6-14)12-7-16(20)21-13-3-9-18-8-2-4-15(18)19;/h4-7,18-19,24,27H,8-17,20H2,1-3H3,(H,33,40);14H,2-13H2,1H3;1H4/t27-;;/m1../s1. The predicted molar refractivity (Wildman–Crippen MR) is 252 cm³/mol. The summed E-state index contributed by atoms with van der Waals surface area (Å²) in [6.07, 6.45) is 5.97. The summed E-state index contributed by atoms with van der Waals surface area (Å²) in [5.41, 5.74) is 4.68. The molecule has 1 aromatic heterocycles. The van der Waals surface area contributed by atoms with Crippen molar-refractivity contribution in [1.82, 2.24) is 34.0 Å². The van der Waals surface area contributed by atoms with Gasteiger partial charge >= 0.3 is 23.8 Å². The number of para-hydroxylation sites is 1. The van der Waals surface area contributed by atoms with Crippen LogP contribution in [0.2, 0.25) is 0 Å². The second kappa shape index (κ2) is 23.3. The first-order chi connectivity index (χ1) is 31.3. The summed E-state index contributed by atoms with van der Waals surface area (Å²) in [5, 5.41) is 3.03. The summed E-state index contributed by atoms with van der Waals surface area (Å²) < 4.78 is 18.1. The number of carbonyl (C=O) groups is 5. The number of nitrogens with zero attached hydrogens (tertiary/aromatic N) is 7. The molecule has 0 radical (unpaired) electrons. The Morgan fingerprint density at radius 1 is 0.848 bits per heavy atom. The van der Waals surface area contributed by atoms with Crippen LogP contribution < -0.4 is 11.1 Å². The van der Waals surface area contributed by atoms with Gasteiger partial charge in [0.05, 0.1) is 18.5 Å². The lowest BCUT2D eigenvalue weighted by atomic mass is 9.99. The summed E-state index contributed by atoms with van der Waals surface area (Å²) in [6, 6.07) is 11.4. The number of ether oxygens (including phenoxy) is 2. The van der Waals surface area contributed by atoms with Gasteiger partial charge < -0.3 is 48.6 Å². The average Bonchev–Trinajstić information content (AvgIpc) is 3.79. The number of aryl methyl sites for hydroxylation is 2. The number of piperidine rings is 2. The van der Waals surface area contributed by atoms with E-state index in [0.29, 0.717) is 76.1 Å². The van der Waals surface area contributed by atoms with Crippen molar-refractivity contribution in [2.75, 3.05) is 97.5 Å². The number of aromatic nitrogens is 1. The van der Waals surface area contributed by atoms with Gasteiger partial charge in [0.2, 0.25) is 5.91 Å². The van der Waals surface area contributed by atoms with Crippen LogP contribution in [0, 0.1) is 12.8 Å². The van der Waals surface area contributed by atoms with Crippen molar-refractivity contribution in [3.63, 3.8) is 0 Å². The molecule has 5 aliphatic rings. The molecule has 5 amide bonds. The average molecular weight is 917 g/mol. The van der Waals surface area contributed by atoms with Gasteiger partial charge in [-0.3, -0.25) is 19.0 Å². The summed E-state index contributed by atoms with van der Waals surface area (Å²) in [5.74, 6) is 0.264. The Hall–Kier alpha value is -5.42. The summed E-state index contributed by atoms with van der Waals surface area (Å²) in [7, 11) is 3.67. The maximum Gasteiger partial charge on any atom is 0.419 e. The number of oxazole rings is 1. The number of piperazine rings is 1. The highest BCUT2D eigenvalue weighted by Gasteiger charge is 2.35. The number of anilines is 1. The van der Waals surface area contributed by atoms with E-state index in [1.54, 1.807) is 22.9 Å². The highest BCUT2D eigenvalue weighted by molar-refractivity contribution is 5.91. The molecule has 0 bridgehead atoms. The van der Waals surface area contributed by atoms with Gasteiger partial charge in [0.25, 0.3) is 5.91 Å². The molecule has 8 rings (SSSR count). The lowest BCUT2D eigenvalue weighted by Crippen LogP contribution is -2.53. The number of rotatable bonds is 12. The SMILES string of the molecule is C.CC1CCN(CCC(=O)OCCCN2CCCC2=O)CC1.Cc1cc(C[C@@H](OC(=O)N2CCC(N3CCc4ccccc4NC3=O)CC2)C(=O)N2CCN(C)CC2)cc2oc(=O)n(C)c12. The number of likely N-dealkylation sites (N-methyl/N-ethyl adjacent to an activating group) is 1. The third-order valence-corrected chi connectivity index (χ3v) is 13.7. The molecule has 3 aromatic rings. The number of amides is 5. The Morgan fingerprint density at radius 2 is 1.58 bits per heavy atom. The molecule has 0 saturated carbocycles. The largest absolute Gasteiger partial charge is 0.466 e. The van der Waals surface area contributed by atoms with Crippen LogP contribution in [0.25, 0.3) is 11.1 Å². The minimum absolute atomic E-state index is 0. The van der Waals surface area contributed by atoms with Gasteiger partial charge in [-0.05, 0) is 107 Å². The Kier molecular flexibility index (Phi) is 17.7. The number of hydrogen-bond donors (Lipinski definition) is 1. The smallest absolute Gasteiger partial charge is 0.419 e. The lowest BCUT2D eigenvalue weighted by Gasteiger charge is -2.38.